The summed E-state index contributed by atoms with van der Waals surface area (Å²) in [6.45, 7) is 1.08. The largest absolute Gasteiger partial charge is 0.383 e. The lowest BCUT2D eigenvalue weighted by Gasteiger charge is -2.05. The van der Waals surface area contributed by atoms with Gasteiger partial charge in [0.2, 0.25) is 0 Å². The van der Waals surface area contributed by atoms with Gasteiger partial charge in [0, 0.05) is 26.0 Å². The Morgan fingerprint density at radius 3 is 2.86 bits per heavy atom. The fourth-order valence-corrected chi connectivity index (χ4v) is 0.784. The van der Waals surface area contributed by atoms with E-state index in [2.05, 4.69) is 20.8 Å². The van der Waals surface area contributed by atoms with E-state index in [9.17, 15) is 4.79 Å². The maximum absolute atomic E-state index is 11.3. The van der Waals surface area contributed by atoms with E-state index in [1.807, 2.05) is 0 Å². The second-order valence-corrected chi connectivity index (χ2v) is 2.50. The van der Waals surface area contributed by atoms with Crippen LogP contribution in [-0.4, -0.2) is 36.1 Å². The van der Waals surface area contributed by atoms with Crippen LogP contribution in [0.4, 0.5) is 0 Å². The van der Waals surface area contributed by atoms with Crippen LogP contribution in [0.5, 0.6) is 0 Å². The molecule has 0 bridgehead atoms. The number of aromatic nitrogens is 2. The Labute approximate surface area is 81.7 Å². The molecule has 6 nitrogen and oxygen atoms in total. The molecular formula is C8H12N4O2. The lowest BCUT2D eigenvalue weighted by molar-refractivity contribution is 0.0925. The van der Waals surface area contributed by atoms with Crippen molar-refractivity contribution in [2.24, 2.45) is 0 Å². The number of hydrogen-bond acceptors (Lipinski definition) is 5. The topological polar surface area (TPSA) is 76.1 Å². The molecule has 0 aliphatic heterocycles. The van der Waals surface area contributed by atoms with E-state index in [1.165, 1.54) is 18.7 Å². The summed E-state index contributed by atoms with van der Waals surface area (Å²) in [7, 11) is 1.59. The van der Waals surface area contributed by atoms with Crippen molar-refractivity contribution in [1.29, 1.82) is 0 Å². The molecule has 1 heterocycles. The predicted molar refractivity (Wildman–Crippen MR) is 49.4 cm³/mol. The first-order valence-corrected chi connectivity index (χ1v) is 4.11. The third-order valence-electron chi connectivity index (χ3n) is 1.46. The molecule has 0 spiro atoms. The molecular weight excluding hydrogens is 184 g/mol. The molecule has 1 rings (SSSR count). The number of hydrazine groups is 1. The van der Waals surface area contributed by atoms with Crippen LogP contribution in [0.1, 0.15) is 10.4 Å². The molecule has 14 heavy (non-hydrogen) atoms. The summed E-state index contributed by atoms with van der Waals surface area (Å²) in [5.74, 6) is -0.262. The maximum atomic E-state index is 11.3. The van der Waals surface area contributed by atoms with Gasteiger partial charge in [0.25, 0.3) is 5.91 Å². The summed E-state index contributed by atoms with van der Waals surface area (Å²) >= 11 is 0. The first-order valence-electron chi connectivity index (χ1n) is 4.11. The zero-order chi connectivity index (χ0) is 10.2. The van der Waals surface area contributed by atoms with Gasteiger partial charge in [0.05, 0.1) is 12.2 Å². The van der Waals surface area contributed by atoms with Gasteiger partial charge in [0.15, 0.2) is 0 Å². The zero-order valence-electron chi connectivity index (χ0n) is 7.86. The van der Waals surface area contributed by atoms with Crippen molar-refractivity contribution in [2.45, 2.75) is 0 Å². The standard InChI is InChI=1S/C8H12N4O2/c1-14-3-2-11-12-8(13)7-4-9-6-10-5-7/h4-6,11H,2-3H2,1H3,(H,12,13). The summed E-state index contributed by atoms with van der Waals surface area (Å²) in [6, 6.07) is 0. The minimum Gasteiger partial charge on any atom is -0.383 e. The van der Waals surface area contributed by atoms with Crippen molar-refractivity contribution < 1.29 is 9.53 Å². The van der Waals surface area contributed by atoms with Gasteiger partial charge in [-0.05, 0) is 0 Å². The van der Waals surface area contributed by atoms with E-state index in [0.29, 0.717) is 18.7 Å². The fraction of sp³-hybridized carbons (Fsp3) is 0.375. The molecule has 1 aromatic heterocycles. The highest BCUT2D eigenvalue weighted by Crippen LogP contribution is 1.90. The molecule has 1 amide bonds. The summed E-state index contributed by atoms with van der Waals surface area (Å²) in [6.07, 6.45) is 4.26. The third kappa shape index (κ3) is 3.46. The number of carbonyl (C=O) groups is 1. The molecule has 76 valence electrons. The number of hydrogen-bond donors (Lipinski definition) is 2. The number of ether oxygens (including phenoxy) is 1. The third-order valence-corrected chi connectivity index (χ3v) is 1.46. The van der Waals surface area contributed by atoms with Crippen molar-refractivity contribution in [2.75, 3.05) is 20.3 Å². The number of carbonyl (C=O) groups excluding carboxylic acids is 1. The van der Waals surface area contributed by atoms with Crippen LogP contribution in [-0.2, 0) is 4.74 Å². The van der Waals surface area contributed by atoms with Crippen LogP contribution >= 0.6 is 0 Å². The second-order valence-electron chi connectivity index (χ2n) is 2.50. The van der Waals surface area contributed by atoms with Crippen molar-refractivity contribution in [3.8, 4) is 0 Å². The maximum Gasteiger partial charge on any atom is 0.268 e. The van der Waals surface area contributed by atoms with Crippen LogP contribution in [0.15, 0.2) is 18.7 Å². The van der Waals surface area contributed by atoms with Gasteiger partial charge < -0.3 is 4.74 Å². The molecule has 0 radical (unpaired) electrons. The summed E-state index contributed by atoms with van der Waals surface area (Å²) in [5.41, 5.74) is 5.60. The molecule has 0 aliphatic rings. The molecule has 0 saturated carbocycles. The first kappa shape index (κ1) is 10.6. The lowest BCUT2D eigenvalue weighted by atomic mass is 10.3. The smallest absolute Gasteiger partial charge is 0.268 e. The van der Waals surface area contributed by atoms with Gasteiger partial charge >= 0.3 is 0 Å². The van der Waals surface area contributed by atoms with Crippen LogP contribution in [0.2, 0.25) is 0 Å². The van der Waals surface area contributed by atoms with Gasteiger partial charge in [-0.1, -0.05) is 0 Å². The highest BCUT2D eigenvalue weighted by atomic mass is 16.5. The van der Waals surface area contributed by atoms with E-state index in [1.54, 1.807) is 7.11 Å². The Morgan fingerprint density at radius 2 is 2.21 bits per heavy atom. The van der Waals surface area contributed by atoms with Gasteiger partial charge in [0.1, 0.15) is 6.33 Å². The van der Waals surface area contributed by atoms with Crippen LogP contribution in [0.25, 0.3) is 0 Å². The molecule has 6 heteroatoms. The number of methoxy groups -OCH3 is 1. The summed E-state index contributed by atoms with van der Waals surface area (Å²) in [5, 5.41) is 0. The Hall–Kier alpha value is -1.53. The number of amides is 1. The van der Waals surface area contributed by atoms with Crippen LogP contribution < -0.4 is 10.9 Å². The van der Waals surface area contributed by atoms with Crippen molar-refractivity contribution in [1.82, 2.24) is 20.8 Å². The SMILES string of the molecule is COCCNNC(=O)c1cncnc1. The molecule has 0 unspecified atom stereocenters. The van der Waals surface area contributed by atoms with Crippen molar-refractivity contribution in [3.05, 3.63) is 24.3 Å². The number of nitrogens with one attached hydrogen (secondary N) is 2. The lowest BCUT2D eigenvalue weighted by Crippen LogP contribution is -2.39. The van der Waals surface area contributed by atoms with Crippen molar-refractivity contribution in [3.63, 3.8) is 0 Å². The average molecular weight is 196 g/mol. The van der Waals surface area contributed by atoms with Gasteiger partial charge in [-0.3, -0.25) is 10.2 Å². The highest BCUT2D eigenvalue weighted by molar-refractivity contribution is 5.93. The van der Waals surface area contributed by atoms with E-state index in [0.717, 1.165) is 0 Å². The van der Waals surface area contributed by atoms with Gasteiger partial charge in [-0.15, -0.1) is 0 Å². The number of rotatable bonds is 5. The quantitative estimate of drug-likeness (QED) is 0.484. The molecule has 0 fully saturated rings. The molecule has 0 atom stereocenters. The molecule has 0 aromatic carbocycles. The van der Waals surface area contributed by atoms with Crippen molar-refractivity contribution >= 4 is 5.91 Å². The van der Waals surface area contributed by atoms with E-state index < -0.39 is 0 Å². The normalized spacial score (nSPS) is 9.79. The summed E-state index contributed by atoms with van der Waals surface area (Å²) < 4.78 is 4.79. The zero-order valence-corrected chi connectivity index (χ0v) is 7.86. The summed E-state index contributed by atoms with van der Waals surface area (Å²) in [4.78, 5) is 18.8. The monoisotopic (exact) mass is 196 g/mol. The Kier molecular flexibility index (Phi) is 4.53. The minimum absolute atomic E-state index is 0.262. The predicted octanol–water partition coefficient (Wildman–Crippen LogP) is -0.643. The van der Waals surface area contributed by atoms with Crippen LogP contribution in [0.3, 0.4) is 0 Å². The fourth-order valence-electron chi connectivity index (χ4n) is 0.784. The Bertz CT molecular complexity index is 278. The highest BCUT2D eigenvalue weighted by Gasteiger charge is 2.03. The van der Waals surface area contributed by atoms with E-state index in [4.69, 9.17) is 4.74 Å². The Morgan fingerprint density at radius 1 is 1.50 bits per heavy atom. The first-order chi connectivity index (χ1) is 6.84. The minimum atomic E-state index is -0.262. The number of nitrogens with zero attached hydrogens (tertiary/aromatic N) is 2. The van der Waals surface area contributed by atoms with Gasteiger partial charge in [-0.25, -0.2) is 15.4 Å². The second kappa shape index (κ2) is 6.01. The molecule has 0 aliphatic carbocycles. The molecule has 2 N–H and O–H groups in total. The molecule has 1 aromatic rings. The van der Waals surface area contributed by atoms with Gasteiger partial charge in [-0.2, -0.15) is 0 Å². The Balaban J connectivity index is 2.29. The van der Waals surface area contributed by atoms with E-state index in [-0.39, 0.29) is 5.91 Å². The van der Waals surface area contributed by atoms with E-state index >= 15 is 0 Å². The average Bonchev–Trinajstić information content (AvgIpc) is 2.25. The van der Waals surface area contributed by atoms with Crippen LogP contribution in [0, 0.1) is 0 Å². The molecule has 0 saturated heterocycles.